The zero-order chi connectivity index (χ0) is 17.2. The van der Waals surface area contributed by atoms with Gasteiger partial charge >= 0.3 is 0 Å². The lowest BCUT2D eigenvalue weighted by molar-refractivity contribution is -0.129. The Bertz CT molecular complexity index is 315. The summed E-state index contributed by atoms with van der Waals surface area (Å²) in [4.78, 5) is 12.0. The Kier molecular flexibility index (Phi) is 9.89. The predicted molar refractivity (Wildman–Crippen MR) is 91.0 cm³/mol. The van der Waals surface area contributed by atoms with Crippen LogP contribution in [0.5, 0.6) is 0 Å². The average Bonchev–Trinajstić information content (AvgIpc) is 2.37. The summed E-state index contributed by atoms with van der Waals surface area (Å²) in [7, 11) is 1.85. The van der Waals surface area contributed by atoms with Gasteiger partial charge < -0.3 is 20.1 Å². The van der Waals surface area contributed by atoms with Crippen LogP contribution in [-0.2, 0) is 14.3 Å². The van der Waals surface area contributed by atoms with Crippen LogP contribution in [0.25, 0.3) is 0 Å². The van der Waals surface area contributed by atoms with Crippen LogP contribution in [-0.4, -0.2) is 51.5 Å². The molecule has 0 radical (unpaired) electrons. The minimum Gasteiger partial charge on any atom is -0.377 e. The molecule has 0 saturated heterocycles. The first kappa shape index (κ1) is 21.4. The van der Waals surface area contributed by atoms with E-state index in [1.165, 1.54) is 0 Å². The van der Waals surface area contributed by atoms with Crippen molar-refractivity contribution in [3.63, 3.8) is 0 Å². The highest BCUT2D eigenvalue weighted by Crippen LogP contribution is 2.13. The van der Waals surface area contributed by atoms with Crippen LogP contribution in [0.2, 0.25) is 0 Å². The van der Waals surface area contributed by atoms with Crippen molar-refractivity contribution in [3.05, 3.63) is 0 Å². The average molecular weight is 316 g/mol. The summed E-state index contributed by atoms with van der Waals surface area (Å²) in [5.41, 5.74) is -0.696. The summed E-state index contributed by atoms with van der Waals surface area (Å²) in [5.74, 6) is 0.686. The van der Waals surface area contributed by atoms with Crippen LogP contribution < -0.4 is 10.6 Å². The van der Waals surface area contributed by atoms with E-state index in [0.717, 1.165) is 13.0 Å². The van der Waals surface area contributed by atoms with Crippen molar-refractivity contribution in [1.29, 1.82) is 0 Å². The molecular weight excluding hydrogens is 280 g/mol. The second-order valence-electron chi connectivity index (χ2n) is 7.51. The lowest BCUT2D eigenvalue weighted by Gasteiger charge is -2.26. The number of carbonyl (C=O) groups excluding carboxylic acids is 1. The van der Waals surface area contributed by atoms with Crippen LogP contribution in [0.1, 0.15) is 48.0 Å². The molecule has 0 saturated carbocycles. The molecule has 1 amide bonds. The van der Waals surface area contributed by atoms with Gasteiger partial charge in [0.25, 0.3) is 0 Å². The second-order valence-corrected chi connectivity index (χ2v) is 7.51. The Morgan fingerprint density at radius 2 is 1.77 bits per heavy atom. The fraction of sp³-hybridized carbons (Fsp3) is 0.941. The van der Waals surface area contributed by atoms with Gasteiger partial charge in [-0.05, 0) is 47.1 Å². The number of hydrogen-bond acceptors (Lipinski definition) is 4. The molecule has 0 aromatic heterocycles. The number of ether oxygens (including phenoxy) is 2. The third-order valence-electron chi connectivity index (χ3n) is 3.40. The highest BCUT2D eigenvalue weighted by Gasteiger charge is 2.26. The topological polar surface area (TPSA) is 59.6 Å². The summed E-state index contributed by atoms with van der Waals surface area (Å²) in [6, 6.07) is 0. The zero-order valence-corrected chi connectivity index (χ0v) is 15.5. The van der Waals surface area contributed by atoms with E-state index in [1.807, 2.05) is 34.7 Å². The number of hydrogen-bond donors (Lipinski definition) is 2. The molecule has 0 aromatic carbocycles. The van der Waals surface area contributed by atoms with Gasteiger partial charge in [0.15, 0.2) is 0 Å². The molecule has 0 atom stereocenters. The number of carbonyl (C=O) groups is 1. The maximum absolute atomic E-state index is 12.0. The molecule has 0 rings (SSSR count). The molecule has 0 aliphatic rings. The Balaban J connectivity index is 3.81. The Labute approximate surface area is 136 Å². The van der Waals surface area contributed by atoms with Gasteiger partial charge in [-0.25, -0.2) is 0 Å². The molecule has 0 aromatic rings. The smallest absolute Gasteiger partial charge is 0.227 e. The van der Waals surface area contributed by atoms with E-state index in [0.29, 0.717) is 32.2 Å². The molecule has 5 nitrogen and oxygen atoms in total. The van der Waals surface area contributed by atoms with E-state index >= 15 is 0 Å². The normalized spacial score (nSPS) is 12.7. The molecule has 0 aliphatic carbocycles. The predicted octanol–water partition coefficient (Wildman–Crippen LogP) is 2.21. The van der Waals surface area contributed by atoms with Crippen LogP contribution >= 0.6 is 0 Å². The SMILES string of the molecule is CNCC(C)(C)C(=O)NCCOCC(C)(C)OCCC(C)C. The third-order valence-corrected chi connectivity index (χ3v) is 3.40. The summed E-state index contributed by atoms with van der Waals surface area (Å²) in [6.45, 7) is 15.2. The Morgan fingerprint density at radius 3 is 2.32 bits per heavy atom. The van der Waals surface area contributed by atoms with E-state index in [9.17, 15) is 4.79 Å². The van der Waals surface area contributed by atoms with Crippen LogP contribution in [0.15, 0.2) is 0 Å². The van der Waals surface area contributed by atoms with E-state index in [1.54, 1.807) is 0 Å². The molecule has 0 fully saturated rings. The van der Waals surface area contributed by atoms with Crippen molar-refractivity contribution in [2.24, 2.45) is 11.3 Å². The van der Waals surface area contributed by atoms with Gasteiger partial charge in [0.05, 0.1) is 24.2 Å². The molecule has 0 heterocycles. The standard InChI is InChI=1S/C17H36N2O3/c1-14(2)8-10-22-17(5,6)13-21-11-9-19-15(20)16(3,4)12-18-7/h14,18H,8-13H2,1-7H3,(H,19,20). The Morgan fingerprint density at radius 1 is 1.14 bits per heavy atom. The first-order valence-corrected chi connectivity index (χ1v) is 8.25. The van der Waals surface area contributed by atoms with Gasteiger partial charge in [-0.3, -0.25) is 4.79 Å². The van der Waals surface area contributed by atoms with E-state index in [4.69, 9.17) is 9.47 Å². The van der Waals surface area contributed by atoms with Crippen LogP contribution in [0.3, 0.4) is 0 Å². The van der Waals surface area contributed by atoms with Crippen LogP contribution in [0.4, 0.5) is 0 Å². The number of nitrogens with one attached hydrogen (secondary N) is 2. The summed E-state index contributed by atoms with van der Waals surface area (Å²) >= 11 is 0. The molecule has 0 bridgehead atoms. The maximum Gasteiger partial charge on any atom is 0.227 e. The second kappa shape index (κ2) is 10.2. The minimum atomic E-state index is -0.409. The molecule has 132 valence electrons. The van der Waals surface area contributed by atoms with Gasteiger partial charge in [0.1, 0.15) is 0 Å². The highest BCUT2D eigenvalue weighted by atomic mass is 16.5. The Hall–Kier alpha value is -0.650. The van der Waals surface area contributed by atoms with Gasteiger partial charge in [-0.2, -0.15) is 0 Å². The van der Waals surface area contributed by atoms with Crippen molar-refractivity contribution >= 4 is 5.91 Å². The molecule has 0 unspecified atom stereocenters. The molecule has 0 spiro atoms. The zero-order valence-electron chi connectivity index (χ0n) is 15.5. The molecule has 5 heteroatoms. The van der Waals surface area contributed by atoms with E-state index in [-0.39, 0.29) is 11.5 Å². The van der Waals surface area contributed by atoms with Crippen molar-refractivity contribution < 1.29 is 14.3 Å². The molecular formula is C17H36N2O3. The van der Waals surface area contributed by atoms with Crippen LogP contribution in [0, 0.1) is 11.3 Å². The van der Waals surface area contributed by atoms with Crippen molar-refractivity contribution in [2.75, 3.05) is 40.0 Å². The first-order chi connectivity index (χ1) is 10.1. The first-order valence-electron chi connectivity index (χ1n) is 8.25. The quantitative estimate of drug-likeness (QED) is 0.542. The summed E-state index contributed by atoms with van der Waals surface area (Å²) in [6.07, 6.45) is 1.06. The monoisotopic (exact) mass is 316 g/mol. The lowest BCUT2D eigenvalue weighted by atomic mass is 9.92. The third kappa shape index (κ3) is 10.1. The molecule has 0 aliphatic heterocycles. The molecule has 22 heavy (non-hydrogen) atoms. The van der Waals surface area contributed by atoms with Crippen molar-refractivity contribution in [3.8, 4) is 0 Å². The van der Waals surface area contributed by atoms with Gasteiger partial charge in [0.2, 0.25) is 5.91 Å². The largest absolute Gasteiger partial charge is 0.377 e. The lowest BCUT2D eigenvalue weighted by Crippen LogP contribution is -2.44. The highest BCUT2D eigenvalue weighted by molar-refractivity contribution is 5.82. The number of rotatable bonds is 12. The number of amides is 1. The van der Waals surface area contributed by atoms with Crippen molar-refractivity contribution in [1.82, 2.24) is 10.6 Å². The maximum atomic E-state index is 12.0. The fourth-order valence-electron chi connectivity index (χ4n) is 1.93. The summed E-state index contributed by atoms with van der Waals surface area (Å²) < 4.78 is 11.5. The van der Waals surface area contributed by atoms with E-state index in [2.05, 4.69) is 24.5 Å². The van der Waals surface area contributed by atoms with E-state index < -0.39 is 5.41 Å². The summed E-state index contributed by atoms with van der Waals surface area (Å²) in [5, 5.41) is 5.94. The molecule has 2 N–H and O–H groups in total. The van der Waals surface area contributed by atoms with Gasteiger partial charge in [0, 0.05) is 19.7 Å². The van der Waals surface area contributed by atoms with Gasteiger partial charge in [-0.1, -0.05) is 13.8 Å². The van der Waals surface area contributed by atoms with Gasteiger partial charge in [-0.15, -0.1) is 0 Å². The minimum absolute atomic E-state index is 0.0397. The van der Waals surface area contributed by atoms with Crippen molar-refractivity contribution in [2.45, 2.75) is 53.6 Å². The fourth-order valence-corrected chi connectivity index (χ4v) is 1.93.